The van der Waals surface area contributed by atoms with Crippen molar-refractivity contribution in [2.24, 2.45) is 5.92 Å². The van der Waals surface area contributed by atoms with E-state index in [9.17, 15) is 22.8 Å². The van der Waals surface area contributed by atoms with E-state index in [0.29, 0.717) is 5.92 Å². The van der Waals surface area contributed by atoms with E-state index in [0.717, 1.165) is 5.56 Å². The number of carbonyl (C=O) groups excluding carboxylic acids is 2. The first-order valence-corrected chi connectivity index (χ1v) is 8.57. The maximum absolute atomic E-state index is 12.0. The number of urea groups is 1. The Labute approximate surface area is 151 Å². The summed E-state index contributed by atoms with van der Waals surface area (Å²) < 4.78 is 36.1. The van der Waals surface area contributed by atoms with Crippen LogP contribution in [0.2, 0.25) is 0 Å². The molecule has 0 aliphatic rings. The van der Waals surface area contributed by atoms with Gasteiger partial charge in [0.05, 0.1) is 0 Å². The smallest absolute Gasteiger partial charge is 0.332 e. The molecular weight excluding hydrogens is 347 g/mol. The van der Waals surface area contributed by atoms with Crippen LogP contribution in [-0.2, 0) is 4.79 Å². The molecule has 0 aromatic heterocycles. The van der Waals surface area contributed by atoms with Gasteiger partial charge in [-0.15, -0.1) is 0 Å². The number of amides is 3. The molecule has 0 saturated carbocycles. The van der Waals surface area contributed by atoms with E-state index >= 15 is 0 Å². The molecule has 0 aliphatic carbocycles. The van der Waals surface area contributed by atoms with Crippen molar-refractivity contribution in [2.45, 2.75) is 45.8 Å². The third-order valence-electron chi connectivity index (χ3n) is 3.97. The summed E-state index contributed by atoms with van der Waals surface area (Å²) in [5, 5.41) is 5.28. The van der Waals surface area contributed by atoms with E-state index in [1.54, 1.807) is 10.6 Å². The molecule has 146 valence electrons. The van der Waals surface area contributed by atoms with Crippen LogP contribution < -0.4 is 16.0 Å². The molecule has 0 heterocycles. The van der Waals surface area contributed by atoms with Crippen molar-refractivity contribution in [1.29, 1.82) is 0 Å². The number of rotatable bonds is 7. The molecule has 4 N–H and O–H groups in total. The van der Waals surface area contributed by atoms with Gasteiger partial charge in [-0.3, -0.25) is 10.1 Å². The molecule has 1 aromatic rings. The normalized spacial score (nSPS) is 13.0. The fraction of sp³-hybridized carbons (Fsp3) is 0.556. The lowest BCUT2D eigenvalue weighted by molar-refractivity contribution is -0.692. The standard InChI is InChI=1S/C18H26F3N3O2/c1-11(2)13-5-7-14(8-6-13)16(12(3)4)22-9-15(25)24-17(26)23-10-18(19,20)21/h5-8,11-12,16,22H,9-10H2,1-4H3,(H2,23,24,25,26)/p+1/t16-/m1/s1. The number of carbonyl (C=O) groups is 2. The molecule has 26 heavy (non-hydrogen) atoms. The lowest BCUT2D eigenvalue weighted by atomic mass is 9.93. The summed E-state index contributed by atoms with van der Waals surface area (Å²) in [6, 6.07) is 6.99. The number of hydrogen-bond donors (Lipinski definition) is 3. The molecule has 1 rings (SSSR count). The van der Waals surface area contributed by atoms with Crippen LogP contribution >= 0.6 is 0 Å². The molecule has 3 amide bonds. The maximum atomic E-state index is 12.0. The summed E-state index contributed by atoms with van der Waals surface area (Å²) in [5.41, 5.74) is 2.27. The van der Waals surface area contributed by atoms with Gasteiger partial charge in [0.1, 0.15) is 12.6 Å². The minimum atomic E-state index is -4.52. The zero-order valence-electron chi connectivity index (χ0n) is 15.5. The van der Waals surface area contributed by atoms with Crippen LogP contribution in [0.5, 0.6) is 0 Å². The Kier molecular flexibility index (Phi) is 8.08. The predicted molar refractivity (Wildman–Crippen MR) is 92.5 cm³/mol. The molecule has 0 aliphatic heterocycles. The zero-order chi connectivity index (χ0) is 19.9. The summed E-state index contributed by atoms with van der Waals surface area (Å²) in [4.78, 5) is 23.1. The quantitative estimate of drug-likeness (QED) is 0.686. The second kappa shape index (κ2) is 9.56. The van der Waals surface area contributed by atoms with Crippen molar-refractivity contribution < 1.29 is 28.1 Å². The van der Waals surface area contributed by atoms with Crippen LogP contribution in [-0.4, -0.2) is 31.2 Å². The Bertz CT molecular complexity index is 599. The number of benzene rings is 1. The Morgan fingerprint density at radius 1 is 1.04 bits per heavy atom. The number of hydrogen-bond acceptors (Lipinski definition) is 2. The fourth-order valence-corrected chi connectivity index (χ4v) is 2.53. The number of alkyl halides is 3. The minimum Gasteiger partial charge on any atom is -0.332 e. The van der Waals surface area contributed by atoms with E-state index < -0.39 is 24.7 Å². The lowest BCUT2D eigenvalue weighted by Crippen LogP contribution is -2.88. The number of imide groups is 1. The molecule has 0 unspecified atom stereocenters. The van der Waals surface area contributed by atoms with E-state index in [1.807, 2.05) is 43.4 Å². The summed E-state index contributed by atoms with van der Waals surface area (Å²) in [6.45, 7) is 6.71. The number of nitrogens with two attached hydrogens (primary N) is 1. The van der Waals surface area contributed by atoms with Gasteiger partial charge < -0.3 is 10.6 Å². The third kappa shape index (κ3) is 7.86. The van der Waals surface area contributed by atoms with Crippen molar-refractivity contribution in [3.63, 3.8) is 0 Å². The van der Waals surface area contributed by atoms with Crippen molar-refractivity contribution >= 4 is 11.9 Å². The van der Waals surface area contributed by atoms with Crippen LogP contribution in [0.4, 0.5) is 18.0 Å². The second-order valence-electron chi connectivity index (χ2n) is 6.88. The average Bonchev–Trinajstić information content (AvgIpc) is 2.52. The number of halogens is 3. The largest absolute Gasteiger partial charge is 0.405 e. The van der Waals surface area contributed by atoms with Crippen molar-refractivity contribution in [3.05, 3.63) is 35.4 Å². The van der Waals surface area contributed by atoms with Crippen molar-refractivity contribution in [3.8, 4) is 0 Å². The van der Waals surface area contributed by atoms with Crippen LogP contribution in [0.25, 0.3) is 0 Å². The number of quaternary nitrogens is 1. The van der Waals surface area contributed by atoms with Gasteiger partial charge in [0, 0.05) is 11.5 Å². The predicted octanol–water partition coefficient (Wildman–Crippen LogP) is 2.46. The van der Waals surface area contributed by atoms with E-state index in [2.05, 4.69) is 13.8 Å². The maximum Gasteiger partial charge on any atom is 0.405 e. The Hall–Kier alpha value is -2.09. The van der Waals surface area contributed by atoms with Gasteiger partial charge >= 0.3 is 12.2 Å². The lowest BCUT2D eigenvalue weighted by Gasteiger charge is -2.20. The second-order valence-corrected chi connectivity index (χ2v) is 6.88. The van der Waals surface area contributed by atoms with Gasteiger partial charge in [0.2, 0.25) is 0 Å². The van der Waals surface area contributed by atoms with Gasteiger partial charge in [-0.1, -0.05) is 52.0 Å². The summed E-state index contributed by atoms with van der Waals surface area (Å²) in [7, 11) is 0. The zero-order valence-corrected chi connectivity index (χ0v) is 15.5. The summed E-state index contributed by atoms with van der Waals surface area (Å²) in [5.74, 6) is 0.00685. The minimum absolute atomic E-state index is 0.000184. The van der Waals surface area contributed by atoms with Gasteiger partial charge in [-0.2, -0.15) is 13.2 Å². The van der Waals surface area contributed by atoms with Crippen LogP contribution in [0, 0.1) is 5.92 Å². The monoisotopic (exact) mass is 374 g/mol. The molecule has 1 atom stereocenters. The summed E-state index contributed by atoms with van der Waals surface area (Å²) in [6.07, 6.45) is -4.52. The fourth-order valence-electron chi connectivity index (χ4n) is 2.53. The number of nitrogens with one attached hydrogen (secondary N) is 2. The highest BCUT2D eigenvalue weighted by Crippen LogP contribution is 2.21. The van der Waals surface area contributed by atoms with Crippen LogP contribution in [0.1, 0.15) is 50.8 Å². The van der Waals surface area contributed by atoms with Gasteiger partial charge in [-0.25, -0.2) is 4.79 Å². The van der Waals surface area contributed by atoms with Gasteiger partial charge in [-0.05, 0) is 11.5 Å². The third-order valence-corrected chi connectivity index (χ3v) is 3.97. The highest BCUT2D eigenvalue weighted by Gasteiger charge is 2.28. The van der Waals surface area contributed by atoms with Crippen molar-refractivity contribution in [1.82, 2.24) is 10.6 Å². The highest BCUT2D eigenvalue weighted by atomic mass is 19.4. The topological polar surface area (TPSA) is 74.8 Å². The first-order chi connectivity index (χ1) is 12.0. The molecule has 0 saturated heterocycles. The Morgan fingerprint density at radius 3 is 2.04 bits per heavy atom. The summed E-state index contributed by atoms with van der Waals surface area (Å²) >= 11 is 0. The van der Waals surface area contributed by atoms with Crippen LogP contribution in [0.15, 0.2) is 24.3 Å². The SMILES string of the molecule is CC(C)c1ccc([C@H]([NH2+]CC(=O)NC(=O)NCC(F)(F)F)C(C)C)cc1. The molecule has 0 radical (unpaired) electrons. The van der Waals surface area contributed by atoms with Crippen molar-refractivity contribution in [2.75, 3.05) is 13.1 Å². The van der Waals surface area contributed by atoms with Crippen LogP contribution in [0.3, 0.4) is 0 Å². The molecule has 0 fully saturated rings. The first-order valence-electron chi connectivity index (χ1n) is 8.57. The first kappa shape index (κ1) is 22.0. The molecule has 8 heteroatoms. The Morgan fingerprint density at radius 2 is 1.58 bits per heavy atom. The Balaban J connectivity index is 2.57. The van der Waals surface area contributed by atoms with Gasteiger partial charge in [0.25, 0.3) is 5.91 Å². The average molecular weight is 374 g/mol. The van der Waals surface area contributed by atoms with E-state index in [-0.39, 0.29) is 18.5 Å². The molecule has 1 aromatic carbocycles. The van der Waals surface area contributed by atoms with E-state index in [4.69, 9.17) is 0 Å². The van der Waals surface area contributed by atoms with E-state index in [1.165, 1.54) is 5.56 Å². The highest BCUT2D eigenvalue weighted by molar-refractivity contribution is 5.94. The molecule has 5 nitrogen and oxygen atoms in total. The molecular formula is C18H27F3N3O2+. The molecule has 0 bridgehead atoms. The molecule has 0 spiro atoms. The van der Waals surface area contributed by atoms with Gasteiger partial charge in [0.15, 0.2) is 6.54 Å².